The van der Waals surface area contributed by atoms with Gasteiger partial charge in [-0.25, -0.2) is 0 Å². The molecule has 2 aliphatic rings. The zero-order valence-corrected chi connectivity index (χ0v) is 8.92. The number of nitrogens with one attached hydrogen (secondary N) is 1. The summed E-state index contributed by atoms with van der Waals surface area (Å²) in [5, 5.41) is 11.4. The van der Waals surface area contributed by atoms with Crippen molar-refractivity contribution in [3.63, 3.8) is 0 Å². The third kappa shape index (κ3) is 1.51. The molecule has 0 aromatic heterocycles. The first kappa shape index (κ1) is 10.7. The number of piperazine rings is 1. The van der Waals surface area contributed by atoms with Crippen molar-refractivity contribution in [1.82, 2.24) is 10.2 Å². The minimum Gasteiger partial charge on any atom is -0.394 e. The Bertz CT molecular complexity index is 312. The van der Waals surface area contributed by atoms with Gasteiger partial charge in [-0.3, -0.25) is 15.3 Å². The number of aliphatic hydroxyl groups excluding tert-OH is 1. The molecule has 1 unspecified atom stereocenters. The van der Waals surface area contributed by atoms with Gasteiger partial charge in [0.1, 0.15) is 6.04 Å². The largest absolute Gasteiger partial charge is 0.394 e. The fraction of sp³-hybridized carbons (Fsp3) is 0.750. The van der Waals surface area contributed by atoms with Crippen LogP contribution in [-0.2, 0) is 9.59 Å². The molecule has 4 N–H and O–H groups in total. The Kier molecular flexibility index (Phi) is 2.61. The van der Waals surface area contributed by atoms with Crippen molar-refractivity contribution in [3.05, 3.63) is 0 Å². The number of carbonyl (C=O) groups is 2. The summed E-state index contributed by atoms with van der Waals surface area (Å²) in [6.07, 6.45) is 0. The minimum absolute atomic E-state index is 0.292. The summed E-state index contributed by atoms with van der Waals surface area (Å²) in [4.78, 5) is 24.9. The molecule has 2 saturated heterocycles. The molecule has 0 spiro atoms. The number of carbonyl (C=O) groups excluding carboxylic acids is 2. The second-order valence-electron chi connectivity index (χ2n) is 3.68. The highest BCUT2D eigenvalue weighted by molar-refractivity contribution is 7.99. The van der Waals surface area contributed by atoms with Gasteiger partial charge < -0.3 is 15.3 Å². The topological polar surface area (TPSA) is 95.7 Å². The van der Waals surface area contributed by atoms with Crippen molar-refractivity contribution in [2.75, 3.05) is 24.7 Å². The van der Waals surface area contributed by atoms with Crippen LogP contribution >= 0.6 is 11.8 Å². The predicted molar refractivity (Wildman–Crippen MR) is 55.0 cm³/mol. The first-order valence-electron chi connectivity index (χ1n) is 4.69. The molecule has 7 heteroatoms. The van der Waals surface area contributed by atoms with Gasteiger partial charge in [0, 0.05) is 18.1 Å². The third-order valence-corrected chi connectivity index (χ3v) is 3.82. The summed E-state index contributed by atoms with van der Waals surface area (Å²) in [6, 6.07) is -0.836. The van der Waals surface area contributed by atoms with Crippen molar-refractivity contribution in [2.45, 2.75) is 11.7 Å². The van der Waals surface area contributed by atoms with E-state index < -0.39 is 11.7 Å². The summed E-state index contributed by atoms with van der Waals surface area (Å²) in [5.41, 5.74) is 4.68. The maximum Gasteiger partial charge on any atom is 0.262 e. The van der Waals surface area contributed by atoms with Crippen molar-refractivity contribution in [1.29, 1.82) is 0 Å². The molecule has 0 saturated carbocycles. The lowest BCUT2D eigenvalue weighted by molar-refractivity contribution is -0.156. The van der Waals surface area contributed by atoms with Crippen LogP contribution in [0.5, 0.6) is 0 Å². The highest BCUT2D eigenvalue weighted by Crippen LogP contribution is 2.26. The van der Waals surface area contributed by atoms with E-state index in [0.29, 0.717) is 12.3 Å². The van der Waals surface area contributed by atoms with E-state index in [2.05, 4.69) is 5.32 Å². The molecule has 2 atom stereocenters. The van der Waals surface area contributed by atoms with E-state index in [0.717, 1.165) is 5.75 Å². The molecular formula is C8H13N3O3S. The van der Waals surface area contributed by atoms with Gasteiger partial charge in [-0.1, -0.05) is 0 Å². The number of hydrogen-bond donors (Lipinski definition) is 3. The maximum absolute atomic E-state index is 11.8. The average Bonchev–Trinajstić information content (AvgIpc) is 2.24. The van der Waals surface area contributed by atoms with Crippen molar-refractivity contribution in [2.24, 2.45) is 5.73 Å². The number of thioether (sulfide) groups is 1. The molecule has 0 aliphatic carbocycles. The summed E-state index contributed by atoms with van der Waals surface area (Å²) in [6.45, 7) is 0.0776. The van der Waals surface area contributed by atoms with Crippen LogP contribution in [-0.4, -0.2) is 58.2 Å². The number of nitrogens with two attached hydrogens (primary N) is 1. The van der Waals surface area contributed by atoms with Gasteiger partial charge in [-0.05, 0) is 0 Å². The first-order chi connectivity index (χ1) is 7.09. The van der Waals surface area contributed by atoms with E-state index in [1.165, 1.54) is 4.90 Å². The van der Waals surface area contributed by atoms with Crippen molar-refractivity contribution < 1.29 is 14.7 Å². The van der Waals surface area contributed by atoms with Crippen LogP contribution in [0.2, 0.25) is 0 Å². The molecule has 6 nitrogen and oxygen atoms in total. The Morgan fingerprint density at radius 1 is 1.67 bits per heavy atom. The van der Waals surface area contributed by atoms with Crippen LogP contribution in [0.15, 0.2) is 0 Å². The number of nitrogens with zero attached hydrogens (tertiary/aromatic N) is 1. The van der Waals surface area contributed by atoms with Crippen LogP contribution in [0.3, 0.4) is 0 Å². The molecule has 2 amide bonds. The zero-order valence-electron chi connectivity index (χ0n) is 8.10. The summed E-state index contributed by atoms with van der Waals surface area (Å²) < 4.78 is 0. The molecule has 0 radical (unpaired) electrons. The van der Waals surface area contributed by atoms with Crippen LogP contribution in [0.1, 0.15) is 0 Å². The van der Waals surface area contributed by atoms with Gasteiger partial charge in [-0.2, -0.15) is 11.8 Å². The lowest BCUT2D eigenvalue weighted by Gasteiger charge is -2.47. The van der Waals surface area contributed by atoms with Crippen LogP contribution in [0.4, 0.5) is 0 Å². The van der Waals surface area contributed by atoms with E-state index >= 15 is 0 Å². The lowest BCUT2D eigenvalue weighted by Crippen LogP contribution is -2.77. The predicted octanol–water partition coefficient (Wildman–Crippen LogP) is -2.29. The fourth-order valence-electron chi connectivity index (χ4n) is 1.81. The Balaban J connectivity index is 2.29. The third-order valence-electron chi connectivity index (χ3n) is 2.71. The summed E-state index contributed by atoms with van der Waals surface area (Å²) in [5.74, 6) is 0.506. The van der Waals surface area contributed by atoms with Gasteiger partial charge in [0.15, 0.2) is 5.66 Å². The monoisotopic (exact) mass is 231 g/mol. The lowest BCUT2D eigenvalue weighted by atomic mass is 10.0. The SMILES string of the molecule is NC12CSCCN1C(=O)[C@@H](CO)NC2=O. The molecule has 2 aliphatic heterocycles. The zero-order chi connectivity index (χ0) is 11.1. The molecule has 84 valence electrons. The number of hydrogen-bond acceptors (Lipinski definition) is 5. The maximum atomic E-state index is 11.8. The normalized spacial score (nSPS) is 36.1. The average molecular weight is 231 g/mol. The highest BCUT2D eigenvalue weighted by Gasteiger charge is 2.51. The van der Waals surface area contributed by atoms with Crippen molar-refractivity contribution >= 4 is 23.6 Å². The smallest absolute Gasteiger partial charge is 0.262 e. The molecule has 0 aromatic rings. The van der Waals surface area contributed by atoms with Crippen LogP contribution in [0.25, 0.3) is 0 Å². The first-order valence-corrected chi connectivity index (χ1v) is 5.85. The Morgan fingerprint density at radius 2 is 2.40 bits per heavy atom. The van der Waals surface area contributed by atoms with E-state index in [1.54, 1.807) is 11.8 Å². The van der Waals surface area contributed by atoms with Gasteiger partial charge in [0.25, 0.3) is 5.91 Å². The van der Waals surface area contributed by atoms with Crippen LogP contribution < -0.4 is 11.1 Å². The van der Waals surface area contributed by atoms with Gasteiger partial charge >= 0.3 is 0 Å². The van der Waals surface area contributed by atoms with Gasteiger partial charge in [-0.15, -0.1) is 0 Å². The standard InChI is InChI=1S/C8H13N3O3S/c9-8-4-15-2-1-11(8)6(13)5(3-12)10-7(8)14/h5,12H,1-4,9H2,(H,10,14)/t5-,8?/m1/s1. The van der Waals surface area contributed by atoms with Crippen molar-refractivity contribution in [3.8, 4) is 0 Å². The quantitative estimate of drug-likeness (QED) is 0.472. The molecule has 15 heavy (non-hydrogen) atoms. The van der Waals surface area contributed by atoms with Gasteiger partial charge in [0.05, 0.1) is 6.61 Å². The molecular weight excluding hydrogens is 218 g/mol. The number of rotatable bonds is 1. The number of aliphatic hydroxyl groups is 1. The fourth-order valence-corrected chi connectivity index (χ4v) is 2.87. The molecule has 2 fully saturated rings. The second-order valence-corrected chi connectivity index (χ2v) is 4.78. The Hall–Kier alpha value is -0.790. The molecule has 0 bridgehead atoms. The Morgan fingerprint density at radius 3 is 3.07 bits per heavy atom. The van der Waals surface area contributed by atoms with E-state index in [-0.39, 0.29) is 18.4 Å². The number of fused-ring (bicyclic) bond motifs is 1. The molecule has 0 aromatic carbocycles. The molecule has 2 rings (SSSR count). The second kappa shape index (κ2) is 3.66. The Labute approximate surface area is 91.2 Å². The number of amides is 2. The van der Waals surface area contributed by atoms with E-state index in [1.807, 2.05) is 0 Å². The minimum atomic E-state index is -1.23. The van der Waals surface area contributed by atoms with E-state index in [4.69, 9.17) is 10.8 Å². The van der Waals surface area contributed by atoms with Crippen LogP contribution in [0, 0.1) is 0 Å². The summed E-state index contributed by atoms with van der Waals surface area (Å²) in [7, 11) is 0. The summed E-state index contributed by atoms with van der Waals surface area (Å²) >= 11 is 1.55. The van der Waals surface area contributed by atoms with E-state index in [9.17, 15) is 9.59 Å². The molecule has 2 heterocycles. The highest BCUT2D eigenvalue weighted by atomic mass is 32.2. The van der Waals surface area contributed by atoms with Gasteiger partial charge in [0.2, 0.25) is 5.91 Å².